The highest BCUT2D eigenvalue weighted by Gasteiger charge is 2.22. The van der Waals surface area contributed by atoms with Crippen molar-refractivity contribution in [2.45, 2.75) is 25.9 Å². The average molecular weight is 143 g/mol. The van der Waals surface area contributed by atoms with E-state index in [9.17, 15) is 4.79 Å². The van der Waals surface area contributed by atoms with Gasteiger partial charge in [0, 0.05) is 13.2 Å². The highest BCUT2D eigenvalue weighted by atomic mass is 16.5. The van der Waals surface area contributed by atoms with Gasteiger partial charge in [-0.05, 0) is 19.8 Å². The number of hydrogen-bond acceptors (Lipinski definition) is 2. The van der Waals surface area contributed by atoms with Gasteiger partial charge in [0.25, 0.3) is 0 Å². The van der Waals surface area contributed by atoms with Crippen LogP contribution in [-0.2, 0) is 9.53 Å². The Morgan fingerprint density at radius 2 is 2.60 bits per heavy atom. The molecule has 58 valence electrons. The van der Waals surface area contributed by atoms with Gasteiger partial charge in [0.1, 0.15) is 6.10 Å². The maximum absolute atomic E-state index is 11.0. The fourth-order valence-corrected chi connectivity index (χ4v) is 1.07. The fraction of sp³-hybridized carbons (Fsp3) is 0.857. The molecule has 0 bridgehead atoms. The molecule has 1 heterocycles. The molecule has 0 spiro atoms. The molecule has 10 heavy (non-hydrogen) atoms. The van der Waals surface area contributed by atoms with E-state index in [4.69, 9.17) is 4.74 Å². The van der Waals surface area contributed by atoms with Crippen molar-refractivity contribution in [1.82, 2.24) is 5.32 Å². The van der Waals surface area contributed by atoms with Crippen LogP contribution in [0.25, 0.3) is 0 Å². The van der Waals surface area contributed by atoms with Gasteiger partial charge in [-0.15, -0.1) is 0 Å². The molecule has 0 aliphatic carbocycles. The second-order valence-electron chi connectivity index (χ2n) is 2.40. The van der Waals surface area contributed by atoms with Gasteiger partial charge in [0.05, 0.1) is 0 Å². The average Bonchev–Trinajstić information content (AvgIpc) is 2.38. The van der Waals surface area contributed by atoms with Crippen molar-refractivity contribution in [1.29, 1.82) is 0 Å². The third-order valence-electron chi connectivity index (χ3n) is 1.57. The minimum atomic E-state index is -0.167. The fourth-order valence-electron chi connectivity index (χ4n) is 1.07. The smallest absolute Gasteiger partial charge is 0.249 e. The Labute approximate surface area is 60.7 Å². The summed E-state index contributed by atoms with van der Waals surface area (Å²) in [5.41, 5.74) is 0. The van der Waals surface area contributed by atoms with E-state index >= 15 is 0 Å². The Morgan fingerprint density at radius 3 is 3.10 bits per heavy atom. The lowest BCUT2D eigenvalue weighted by Crippen LogP contribution is -2.33. The molecule has 0 aromatic heterocycles. The normalized spacial score (nSPS) is 24.7. The zero-order valence-corrected chi connectivity index (χ0v) is 6.22. The van der Waals surface area contributed by atoms with Crippen molar-refractivity contribution in [3.8, 4) is 0 Å². The quantitative estimate of drug-likeness (QED) is 0.603. The van der Waals surface area contributed by atoms with Crippen LogP contribution >= 0.6 is 0 Å². The van der Waals surface area contributed by atoms with Crippen molar-refractivity contribution in [2.75, 3.05) is 13.2 Å². The molecule has 1 unspecified atom stereocenters. The number of ether oxygens (including phenoxy) is 1. The third kappa shape index (κ3) is 1.70. The summed E-state index contributed by atoms with van der Waals surface area (Å²) in [5, 5.41) is 2.72. The van der Waals surface area contributed by atoms with E-state index in [1.165, 1.54) is 0 Å². The van der Waals surface area contributed by atoms with Crippen LogP contribution in [0.1, 0.15) is 19.8 Å². The monoisotopic (exact) mass is 143 g/mol. The van der Waals surface area contributed by atoms with E-state index in [2.05, 4.69) is 5.32 Å². The van der Waals surface area contributed by atoms with Gasteiger partial charge in [0.2, 0.25) is 5.91 Å². The Morgan fingerprint density at radius 1 is 1.80 bits per heavy atom. The van der Waals surface area contributed by atoms with Crippen LogP contribution in [0.2, 0.25) is 0 Å². The van der Waals surface area contributed by atoms with Crippen molar-refractivity contribution >= 4 is 5.91 Å². The van der Waals surface area contributed by atoms with E-state index in [-0.39, 0.29) is 12.0 Å². The largest absolute Gasteiger partial charge is 0.368 e. The standard InChI is InChI=1S/C7H13NO2/c1-2-8-7(9)6-4-3-5-10-6/h6H,2-5H2,1H3,(H,8,9). The molecule has 1 rings (SSSR count). The lowest BCUT2D eigenvalue weighted by Gasteiger charge is -2.07. The lowest BCUT2D eigenvalue weighted by atomic mass is 10.2. The number of rotatable bonds is 2. The van der Waals surface area contributed by atoms with Gasteiger partial charge < -0.3 is 10.1 Å². The number of carbonyl (C=O) groups is 1. The van der Waals surface area contributed by atoms with Crippen LogP contribution in [0, 0.1) is 0 Å². The van der Waals surface area contributed by atoms with Crippen LogP contribution < -0.4 is 5.32 Å². The van der Waals surface area contributed by atoms with Crippen molar-refractivity contribution in [2.24, 2.45) is 0 Å². The van der Waals surface area contributed by atoms with Gasteiger partial charge >= 0.3 is 0 Å². The molecule has 1 saturated heterocycles. The van der Waals surface area contributed by atoms with E-state index in [0.29, 0.717) is 6.54 Å². The van der Waals surface area contributed by atoms with Gasteiger partial charge in [-0.1, -0.05) is 0 Å². The van der Waals surface area contributed by atoms with Crippen LogP contribution in [-0.4, -0.2) is 25.2 Å². The predicted molar refractivity (Wildman–Crippen MR) is 37.7 cm³/mol. The lowest BCUT2D eigenvalue weighted by molar-refractivity contribution is -0.129. The summed E-state index contributed by atoms with van der Waals surface area (Å²) in [6.07, 6.45) is 1.73. The summed E-state index contributed by atoms with van der Waals surface area (Å²) in [6.45, 7) is 3.34. The Bertz CT molecular complexity index is 119. The minimum Gasteiger partial charge on any atom is -0.368 e. The molecule has 1 aliphatic heterocycles. The van der Waals surface area contributed by atoms with Crippen molar-refractivity contribution < 1.29 is 9.53 Å². The molecule has 0 radical (unpaired) electrons. The molecule has 0 saturated carbocycles. The zero-order chi connectivity index (χ0) is 7.40. The second-order valence-corrected chi connectivity index (χ2v) is 2.40. The summed E-state index contributed by atoms with van der Waals surface area (Å²) in [6, 6.07) is 0. The number of amides is 1. The minimum absolute atomic E-state index is 0.0417. The Hall–Kier alpha value is -0.570. The first-order valence-corrected chi connectivity index (χ1v) is 3.74. The predicted octanol–water partition coefficient (Wildman–Crippen LogP) is 0.301. The van der Waals surface area contributed by atoms with Gasteiger partial charge in [-0.25, -0.2) is 0 Å². The molecule has 3 heteroatoms. The molecule has 0 aromatic carbocycles. The molecule has 1 N–H and O–H groups in total. The summed E-state index contributed by atoms with van der Waals surface area (Å²) in [4.78, 5) is 11.0. The van der Waals surface area contributed by atoms with Crippen LogP contribution in [0.15, 0.2) is 0 Å². The summed E-state index contributed by atoms with van der Waals surface area (Å²) in [7, 11) is 0. The van der Waals surface area contributed by atoms with E-state index < -0.39 is 0 Å². The number of hydrogen-bond donors (Lipinski definition) is 1. The molecule has 1 amide bonds. The molecule has 1 aliphatic rings. The van der Waals surface area contributed by atoms with Gasteiger partial charge in [-0.2, -0.15) is 0 Å². The van der Waals surface area contributed by atoms with Gasteiger partial charge in [-0.3, -0.25) is 4.79 Å². The van der Waals surface area contributed by atoms with Crippen molar-refractivity contribution in [3.05, 3.63) is 0 Å². The first-order valence-electron chi connectivity index (χ1n) is 3.74. The maximum Gasteiger partial charge on any atom is 0.249 e. The number of likely N-dealkylation sites (N-methyl/N-ethyl adjacent to an activating group) is 1. The number of carbonyl (C=O) groups excluding carboxylic acids is 1. The molecular formula is C7H13NO2. The number of nitrogens with one attached hydrogen (secondary N) is 1. The SMILES string of the molecule is CCNC(=O)C1CCCO1. The summed E-state index contributed by atoms with van der Waals surface area (Å²) >= 11 is 0. The topological polar surface area (TPSA) is 38.3 Å². The van der Waals surface area contributed by atoms with Gasteiger partial charge in [0.15, 0.2) is 0 Å². The second kappa shape index (κ2) is 3.56. The van der Waals surface area contributed by atoms with Crippen LogP contribution in [0.5, 0.6) is 0 Å². The molecule has 0 aromatic rings. The Balaban J connectivity index is 2.25. The molecular weight excluding hydrogens is 130 g/mol. The molecule has 1 fully saturated rings. The van der Waals surface area contributed by atoms with Crippen molar-refractivity contribution in [3.63, 3.8) is 0 Å². The maximum atomic E-state index is 11.0. The van der Waals surface area contributed by atoms with E-state index in [1.54, 1.807) is 0 Å². The van der Waals surface area contributed by atoms with Crippen LogP contribution in [0.3, 0.4) is 0 Å². The molecule has 1 atom stereocenters. The highest BCUT2D eigenvalue weighted by molar-refractivity contribution is 5.80. The van der Waals surface area contributed by atoms with E-state index in [1.807, 2.05) is 6.92 Å². The Kier molecular flexibility index (Phi) is 2.68. The summed E-state index contributed by atoms with van der Waals surface area (Å²) < 4.78 is 5.16. The van der Waals surface area contributed by atoms with E-state index in [0.717, 1.165) is 19.4 Å². The highest BCUT2D eigenvalue weighted by Crippen LogP contribution is 2.11. The zero-order valence-electron chi connectivity index (χ0n) is 6.22. The summed E-state index contributed by atoms with van der Waals surface area (Å²) in [5.74, 6) is 0.0417. The first kappa shape index (κ1) is 7.54. The third-order valence-corrected chi connectivity index (χ3v) is 1.57. The first-order chi connectivity index (χ1) is 4.84. The van der Waals surface area contributed by atoms with Crippen LogP contribution in [0.4, 0.5) is 0 Å². The molecule has 3 nitrogen and oxygen atoms in total.